The molecule has 0 aromatic heterocycles. The summed E-state index contributed by atoms with van der Waals surface area (Å²) < 4.78 is 0. The number of rotatable bonds is 5. The van der Waals surface area contributed by atoms with E-state index in [2.05, 4.69) is 0 Å². The quantitative estimate of drug-likeness (QED) is 0.318. The number of carbonyl (C=O) groups excluding carboxylic acids is 1. The van der Waals surface area contributed by atoms with Crippen LogP contribution in [0.4, 0.5) is 0 Å². The molecule has 0 aliphatic rings. The summed E-state index contributed by atoms with van der Waals surface area (Å²) in [5.74, 6) is -1.00. The van der Waals surface area contributed by atoms with E-state index in [0.29, 0.717) is 0 Å². The topological polar surface area (TPSA) is 118 Å². The first-order chi connectivity index (χ1) is 5.54. The standard InChI is InChI=1S/C6H12O6.Fe/c7-1-3(9)5(11)6(12)4(10)2-8;/h3,5-9,11-12H,1-2H2;/t3-,5-,6-;/m1./s1. The number of aliphatic hydroxyl groups is 5. The Morgan fingerprint density at radius 1 is 1.15 bits per heavy atom. The Morgan fingerprint density at radius 2 is 1.62 bits per heavy atom. The molecule has 0 aromatic rings. The van der Waals surface area contributed by atoms with Crippen molar-refractivity contribution < 1.29 is 47.4 Å². The molecule has 0 aliphatic heterocycles. The maximum Gasteiger partial charge on any atom is 0.189 e. The molecule has 80 valence electrons. The predicted molar refractivity (Wildman–Crippen MR) is 37.2 cm³/mol. The molecule has 3 atom stereocenters. The first-order valence-corrected chi connectivity index (χ1v) is 3.33. The van der Waals surface area contributed by atoms with E-state index < -0.39 is 37.3 Å². The van der Waals surface area contributed by atoms with E-state index in [0.717, 1.165) is 0 Å². The number of Topliss-reactive ketones (excluding diaryl/α,β-unsaturated/α-hetero) is 1. The van der Waals surface area contributed by atoms with Gasteiger partial charge in [0.25, 0.3) is 0 Å². The summed E-state index contributed by atoms with van der Waals surface area (Å²) in [7, 11) is 0. The van der Waals surface area contributed by atoms with Crippen LogP contribution in [0, 0.1) is 0 Å². The maximum absolute atomic E-state index is 10.5. The van der Waals surface area contributed by atoms with Crippen LogP contribution < -0.4 is 0 Å². The second kappa shape index (κ2) is 7.40. The van der Waals surface area contributed by atoms with E-state index >= 15 is 0 Å². The number of carbonyl (C=O) groups is 1. The average Bonchev–Trinajstić information content (AvgIpc) is 2.12. The molecule has 6 nitrogen and oxygen atoms in total. The predicted octanol–water partition coefficient (Wildman–Crippen LogP) is -3.38. The molecule has 7 heteroatoms. The normalized spacial score (nSPS) is 17.0. The summed E-state index contributed by atoms with van der Waals surface area (Å²) in [5.41, 5.74) is 0. The van der Waals surface area contributed by atoms with Crippen LogP contribution in [-0.2, 0) is 21.9 Å². The van der Waals surface area contributed by atoms with Gasteiger partial charge in [-0.15, -0.1) is 0 Å². The Balaban J connectivity index is 0. The molecule has 0 spiro atoms. The molecular weight excluding hydrogens is 224 g/mol. The third-order valence-electron chi connectivity index (χ3n) is 1.39. The van der Waals surface area contributed by atoms with Crippen molar-refractivity contribution in [3.63, 3.8) is 0 Å². The third kappa shape index (κ3) is 4.68. The van der Waals surface area contributed by atoms with Crippen LogP contribution in [0.1, 0.15) is 0 Å². The van der Waals surface area contributed by atoms with Gasteiger partial charge in [-0.2, -0.15) is 0 Å². The van der Waals surface area contributed by atoms with Crippen molar-refractivity contribution in [2.45, 2.75) is 18.3 Å². The molecule has 0 unspecified atom stereocenters. The molecule has 0 heterocycles. The SMILES string of the molecule is O=C(CO)[C@@H](O)[C@H](O)[C@H](O)CO.[Fe]. The van der Waals surface area contributed by atoms with E-state index in [1.54, 1.807) is 0 Å². The third-order valence-corrected chi connectivity index (χ3v) is 1.39. The molecule has 0 amide bonds. The van der Waals surface area contributed by atoms with Crippen LogP contribution in [0.15, 0.2) is 0 Å². The molecule has 0 bridgehead atoms. The van der Waals surface area contributed by atoms with Crippen LogP contribution in [0.5, 0.6) is 0 Å². The molecule has 0 fully saturated rings. The zero-order valence-corrected chi connectivity index (χ0v) is 7.75. The van der Waals surface area contributed by atoms with E-state index in [1.165, 1.54) is 0 Å². The summed E-state index contributed by atoms with van der Waals surface area (Å²) in [6, 6.07) is 0. The summed E-state index contributed by atoms with van der Waals surface area (Å²) >= 11 is 0. The van der Waals surface area contributed by atoms with E-state index in [4.69, 9.17) is 25.5 Å². The fourth-order valence-corrected chi connectivity index (χ4v) is 0.602. The zero-order chi connectivity index (χ0) is 9.72. The van der Waals surface area contributed by atoms with Gasteiger partial charge in [0.1, 0.15) is 24.9 Å². The van der Waals surface area contributed by atoms with E-state index in [1.807, 2.05) is 0 Å². The Bertz CT molecular complexity index is 152. The largest absolute Gasteiger partial charge is 0.394 e. The van der Waals surface area contributed by atoms with Crippen molar-refractivity contribution >= 4 is 5.78 Å². The minimum Gasteiger partial charge on any atom is -0.394 e. The molecule has 0 saturated heterocycles. The molecule has 5 N–H and O–H groups in total. The number of hydrogen-bond donors (Lipinski definition) is 5. The van der Waals surface area contributed by atoms with Crippen LogP contribution in [0.2, 0.25) is 0 Å². The summed E-state index contributed by atoms with van der Waals surface area (Å²) in [4.78, 5) is 10.5. The first kappa shape index (κ1) is 15.5. The van der Waals surface area contributed by atoms with Crippen LogP contribution in [-0.4, -0.2) is 62.8 Å². The molecule has 13 heavy (non-hydrogen) atoms. The second-order valence-corrected chi connectivity index (χ2v) is 2.31. The molecule has 0 rings (SSSR count). The van der Waals surface area contributed by atoms with Gasteiger partial charge in [0, 0.05) is 17.1 Å². The van der Waals surface area contributed by atoms with Crippen LogP contribution in [0.25, 0.3) is 0 Å². The number of ketones is 1. The van der Waals surface area contributed by atoms with Crippen molar-refractivity contribution in [2.75, 3.05) is 13.2 Å². The summed E-state index contributed by atoms with van der Waals surface area (Å²) in [6.45, 7) is -1.69. The van der Waals surface area contributed by atoms with Gasteiger partial charge in [-0.05, 0) is 0 Å². The molecule has 0 saturated carbocycles. The smallest absolute Gasteiger partial charge is 0.189 e. The Morgan fingerprint density at radius 3 is 1.92 bits per heavy atom. The Kier molecular flexibility index (Phi) is 8.80. The van der Waals surface area contributed by atoms with Crippen molar-refractivity contribution in [2.24, 2.45) is 0 Å². The molecule has 0 radical (unpaired) electrons. The molecule has 0 aliphatic carbocycles. The maximum atomic E-state index is 10.5. The van der Waals surface area contributed by atoms with Gasteiger partial charge in [-0.1, -0.05) is 0 Å². The van der Waals surface area contributed by atoms with E-state index in [9.17, 15) is 4.79 Å². The van der Waals surface area contributed by atoms with Gasteiger partial charge in [0.05, 0.1) is 6.61 Å². The average molecular weight is 236 g/mol. The number of aliphatic hydroxyl groups excluding tert-OH is 5. The Hall–Kier alpha value is -0.0105. The summed E-state index contributed by atoms with van der Waals surface area (Å²) in [6.07, 6.45) is -5.22. The minimum absolute atomic E-state index is 0. The molecule has 0 aromatic carbocycles. The monoisotopic (exact) mass is 236 g/mol. The van der Waals surface area contributed by atoms with Crippen molar-refractivity contribution in [3.8, 4) is 0 Å². The van der Waals surface area contributed by atoms with Gasteiger partial charge in [0.2, 0.25) is 0 Å². The van der Waals surface area contributed by atoms with Crippen LogP contribution >= 0.6 is 0 Å². The van der Waals surface area contributed by atoms with Gasteiger partial charge in [-0.3, -0.25) is 4.79 Å². The Labute approximate surface area is 85.3 Å². The van der Waals surface area contributed by atoms with E-state index in [-0.39, 0.29) is 17.1 Å². The van der Waals surface area contributed by atoms with Gasteiger partial charge in [-0.25, -0.2) is 0 Å². The van der Waals surface area contributed by atoms with Gasteiger partial charge in [0.15, 0.2) is 5.78 Å². The minimum atomic E-state index is -1.86. The van der Waals surface area contributed by atoms with Crippen molar-refractivity contribution in [1.29, 1.82) is 0 Å². The zero-order valence-electron chi connectivity index (χ0n) is 6.64. The van der Waals surface area contributed by atoms with Crippen LogP contribution in [0.3, 0.4) is 0 Å². The fourth-order valence-electron chi connectivity index (χ4n) is 0.602. The second-order valence-electron chi connectivity index (χ2n) is 2.31. The van der Waals surface area contributed by atoms with Crippen molar-refractivity contribution in [3.05, 3.63) is 0 Å². The van der Waals surface area contributed by atoms with Gasteiger partial charge < -0.3 is 25.5 Å². The first-order valence-electron chi connectivity index (χ1n) is 3.33. The molecular formula is C6H12FeO6. The van der Waals surface area contributed by atoms with Crippen molar-refractivity contribution in [1.82, 2.24) is 0 Å². The summed E-state index contributed by atoms with van der Waals surface area (Å²) in [5, 5.41) is 43.1. The number of hydrogen-bond acceptors (Lipinski definition) is 6. The fraction of sp³-hybridized carbons (Fsp3) is 0.833. The van der Waals surface area contributed by atoms with Gasteiger partial charge >= 0.3 is 0 Å².